The number of fused-ring (bicyclic) bond motifs is 1. The van der Waals surface area contributed by atoms with Crippen molar-refractivity contribution in [2.45, 2.75) is 12.6 Å². The summed E-state index contributed by atoms with van der Waals surface area (Å²) in [5.74, 6) is -0.547. The van der Waals surface area contributed by atoms with Gasteiger partial charge >= 0.3 is 0 Å². The van der Waals surface area contributed by atoms with Gasteiger partial charge in [0.05, 0.1) is 12.1 Å². The molecule has 0 saturated heterocycles. The van der Waals surface area contributed by atoms with E-state index in [9.17, 15) is 4.79 Å². The topological polar surface area (TPSA) is 99.8 Å². The Balaban J connectivity index is 2.32. The third-order valence-corrected chi connectivity index (χ3v) is 2.16. The van der Waals surface area contributed by atoms with Crippen LogP contribution in [0.1, 0.15) is 0 Å². The number of aromatic nitrogens is 3. The molecule has 0 aliphatic heterocycles. The number of hydrogen-bond donors (Lipinski definition) is 2. The summed E-state index contributed by atoms with van der Waals surface area (Å²) in [7, 11) is 0. The maximum Gasteiger partial charge on any atom is 0.236 e. The molecule has 0 saturated carbocycles. The first-order valence-electron chi connectivity index (χ1n) is 4.51. The zero-order valence-electron chi connectivity index (χ0n) is 8.00. The van der Waals surface area contributed by atoms with E-state index in [0.29, 0.717) is 0 Å². The van der Waals surface area contributed by atoms with E-state index in [1.807, 2.05) is 24.3 Å². The van der Waals surface area contributed by atoms with Gasteiger partial charge in [-0.1, -0.05) is 17.3 Å². The average molecular weight is 205 g/mol. The maximum atomic E-state index is 10.8. The third kappa shape index (κ3) is 1.79. The van der Waals surface area contributed by atoms with E-state index < -0.39 is 11.9 Å². The fourth-order valence-electron chi connectivity index (χ4n) is 1.33. The molecule has 0 spiro atoms. The molecule has 0 radical (unpaired) electrons. The Morgan fingerprint density at radius 2 is 2.20 bits per heavy atom. The number of primary amides is 1. The van der Waals surface area contributed by atoms with Crippen molar-refractivity contribution >= 4 is 16.9 Å². The molecule has 6 heteroatoms. The van der Waals surface area contributed by atoms with Gasteiger partial charge in [-0.15, -0.1) is 5.10 Å². The second-order valence-electron chi connectivity index (χ2n) is 3.27. The van der Waals surface area contributed by atoms with Crippen LogP contribution >= 0.6 is 0 Å². The molecule has 0 aliphatic carbocycles. The zero-order chi connectivity index (χ0) is 10.8. The number of carbonyl (C=O) groups is 1. The van der Waals surface area contributed by atoms with E-state index in [0.717, 1.165) is 11.0 Å². The molecule has 2 rings (SSSR count). The molecule has 6 nitrogen and oxygen atoms in total. The van der Waals surface area contributed by atoms with Gasteiger partial charge in [0.1, 0.15) is 11.6 Å². The van der Waals surface area contributed by atoms with Gasteiger partial charge in [-0.25, -0.2) is 4.68 Å². The van der Waals surface area contributed by atoms with Crippen LogP contribution in [0.5, 0.6) is 0 Å². The highest BCUT2D eigenvalue weighted by molar-refractivity contribution is 5.80. The molecule has 1 heterocycles. The molecule has 15 heavy (non-hydrogen) atoms. The van der Waals surface area contributed by atoms with Gasteiger partial charge in [-0.2, -0.15) is 0 Å². The van der Waals surface area contributed by atoms with Crippen LogP contribution in [0.25, 0.3) is 11.0 Å². The molecule has 78 valence electrons. The number of hydrogen-bond acceptors (Lipinski definition) is 4. The number of benzene rings is 1. The van der Waals surface area contributed by atoms with Gasteiger partial charge in [0.15, 0.2) is 0 Å². The van der Waals surface area contributed by atoms with Gasteiger partial charge in [0, 0.05) is 0 Å². The van der Waals surface area contributed by atoms with Crippen molar-refractivity contribution in [3.05, 3.63) is 24.3 Å². The van der Waals surface area contributed by atoms with Crippen LogP contribution in [0.2, 0.25) is 0 Å². The average Bonchev–Trinajstić information content (AvgIpc) is 2.62. The van der Waals surface area contributed by atoms with Crippen molar-refractivity contribution in [2.24, 2.45) is 11.5 Å². The minimum absolute atomic E-state index is 0.246. The molecule has 4 N–H and O–H groups in total. The maximum absolute atomic E-state index is 10.8. The minimum atomic E-state index is -0.741. The summed E-state index contributed by atoms with van der Waals surface area (Å²) in [4.78, 5) is 10.8. The van der Waals surface area contributed by atoms with Gasteiger partial charge in [-0.3, -0.25) is 4.79 Å². The molecule has 0 unspecified atom stereocenters. The summed E-state index contributed by atoms with van der Waals surface area (Å²) in [6.45, 7) is 0.246. The van der Waals surface area contributed by atoms with Crippen LogP contribution in [0.4, 0.5) is 0 Å². The number of amides is 1. The minimum Gasteiger partial charge on any atom is -0.368 e. The molecule has 1 aromatic carbocycles. The summed E-state index contributed by atoms with van der Waals surface area (Å²) >= 11 is 0. The van der Waals surface area contributed by atoms with E-state index >= 15 is 0 Å². The monoisotopic (exact) mass is 205 g/mol. The number of rotatable bonds is 3. The molecular formula is C9H11N5O. The van der Waals surface area contributed by atoms with Gasteiger partial charge < -0.3 is 11.5 Å². The smallest absolute Gasteiger partial charge is 0.236 e. The Bertz CT molecular complexity index is 492. The largest absolute Gasteiger partial charge is 0.368 e. The van der Waals surface area contributed by atoms with E-state index in [4.69, 9.17) is 11.5 Å². The first-order chi connectivity index (χ1) is 7.18. The highest BCUT2D eigenvalue weighted by Gasteiger charge is 2.12. The highest BCUT2D eigenvalue weighted by Crippen LogP contribution is 2.09. The highest BCUT2D eigenvalue weighted by atomic mass is 16.1. The van der Waals surface area contributed by atoms with Crippen molar-refractivity contribution in [2.75, 3.05) is 0 Å². The lowest BCUT2D eigenvalue weighted by Gasteiger charge is -2.06. The first kappa shape index (κ1) is 9.60. The van der Waals surface area contributed by atoms with Crippen LogP contribution in [0.15, 0.2) is 24.3 Å². The van der Waals surface area contributed by atoms with Crippen molar-refractivity contribution in [3.8, 4) is 0 Å². The Labute approximate surface area is 85.8 Å². The van der Waals surface area contributed by atoms with E-state index in [2.05, 4.69) is 10.3 Å². The number of nitrogens with two attached hydrogens (primary N) is 2. The van der Waals surface area contributed by atoms with Crippen molar-refractivity contribution in [3.63, 3.8) is 0 Å². The van der Waals surface area contributed by atoms with Crippen LogP contribution < -0.4 is 11.5 Å². The predicted octanol–water partition coefficient (Wildman–Crippen LogP) is -0.756. The SMILES string of the molecule is NC(=O)[C@@H](N)Cn1nnc2ccccc21. The van der Waals surface area contributed by atoms with Crippen molar-refractivity contribution < 1.29 is 4.79 Å². The number of nitrogens with zero attached hydrogens (tertiary/aromatic N) is 3. The second kappa shape index (κ2) is 3.66. The van der Waals surface area contributed by atoms with Crippen LogP contribution in [0.3, 0.4) is 0 Å². The molecule has 0 aliphatic rings. The Kier molecular flexibility index (Phi) is 2.34. The van der Waals surface area contributed by atoms with Gasteiger partial charge in [-0.05, 0) is 12.1 Å². The van der Waals surface area contributed by atoms with Crippen LogP contribution in [-0.2, 0) is 11.3 Å². The second-order valence-corrected chi connectivity index (χ2v) is 3.27. The van der Waals surface area contributed by atoms with Crippen LogP contribution in [0, 0.1) is 0 Å². The zero-order valence-corrected chi connectivity index (χ0v) is 8.00. The molecule has 0 fully saturated rings. The van der Waals surface area contributed by atoms with Gasteiger partial charge in [0.2, 0.25) is 5.91 Å². The standard InChI is InChI=1S/C9H11N5O/c10-6(9(11)15)5-14-8-4-2-1-3-7(8)12-13-14/h1-4,6H,5,10H2,(H2,11,15)/t6-/m0/s1. The molecule has 1 atom stereocenters. The summed E-state index contributed by atoms with van der Waals surface area (Å²) < 4.78 is 1.57. The molecule has 1 amide bonds. The first-order valence-corrected chi connectivity index (χ1v) is 4.51. The lowest BCUT2D eigenvalue weighted by atomic mass is 10.3. The quantitative estimate of drug-likeness (QED) is 0.688. The molecular weight excluding hydrogens is 194 g/mol. The summed E-state index contributed by atoms with van der Waals surface area (Å²) in [5.41, 5.74) is 12.2. The number of carbonyl (C=O) groups excluding carboxylic acids is 1. The van der Waals surface area contributed by atoms with Crippen molar-refractivity contribution in [1.29, 1.82) is 0 Å². The Hall–Kier alpha value is -1.95. The fourth-order valence-corrected chi connectivity index (χ4v) is 1.33. The van der Waals surface area contributed by atoms with E-state index in [1.54, 1.807) is 4.68 Å². The fraction of sp³-hybridized carbons (Fsp3) is 0.222. The predicted molar refractivity (Wildman–Crippen MR) is 54.7 cm³/mol. The molecule has 0 bridgehead atoms. The van der Waals surface area contributed by atoms with Crippen molar-refractivity contribution in [1.82, 2.24) is 15.0 Å². The molecule has 1 aromatic heterocycles. The Morgan fingerprint density at radius 3 is 2.93 bits per heavy atom. The Morgan fingerprint density at radius 1 is 1.47 bits per heavy atom. The lowest BCUT2D eigenvalue weighted by Crippen LogP contribution is -2.40. The summed E-state index contributed by atoms with van der Waals surface area (Å²) in [6, 6.07) is 6.71. The molecule has 2 aromatic rings. The summed E-state index contributed by atoms with van der Waals surface area (Å²) in [6.07, 6.45) is 0. The van der Waals surface area contributed by atoms with Gasteiger partial charge in [0.25, 0.3) is 0 Å². The number of para-hydroxylation sites is 1. The van der Waals surface area contributed by atoms with E-state index in [-0.39, 0.29) is 6.54 Å². The summed E-state index contributed by atoms with van der Waals surface area (Å²) in [5, 5.41) is 7.83. The van der Waals surface area contributed by atoms with E-state index in [1.165, 1.54) is 0 Å². The normalized spacial score (nSPS) is 12.9. The lowest BCUT2D eigenvalue weighted by molar-refractivity contribution is -0.119. The third-order valence-electron chi connectivity index (χ3n) is 2.16. The van der Waals surface area contributed by atoms with Crippen LogP contribution in [-0.4, -0.2) is 26.9 Å².